The summed E-state index contributed by atoms with van der Waals surface area (Å²) >= 11 is 5.20. The fourth-order valence-corrected chi connectivity index (χ4v) is 2.76. The van der Waals surface area contributed by atoms with Crippen LogP contribution in [0.4, 0.5) is 0 Å². The molecule has 3 nitrogen and oxygen atoms in total. The molecule has 0 amide bonds. The Morgan fingerprint density at radius 1 is 1.60 bits per heavy atom. The third-order valence-corrected chi connectivity index (χ3v) is 3.70. The van der Waals surface area contributed by atoms with Crippen LogP contribution >= 0.6 is 12.2 Å². The monoisotopic (exact) mass is 226 g/mol. The number of aromatic amines is 1. The number of hydrogen-bond donors (Lipinski definition) is 2. The molecule has 2 unspecified atom stereocenters. The maximum atomic E-state index is 9.17. The summed E-state index contributed by atoms with van der Waals surface area (Å²) in [5.74, 6) is 1.58. The first kappa shape index (κ1) is 10.9. The average molecular weight is 226 g/mol. The summed E-state index contributed by atoms with van der Waals surface area (Å²) < 4.78 is 2.77. The van der Waals surface area contributed by atoms with Gasteiger partial charge in [0, 0.05) is 12.7 Å². The van der Waals surface area contributed by atoms with E-state index in [0.29, 0.717) is 0 Å². The topological polar surface area (TPSA) is 41.0 Å². The van der Waals surface area contributed by atoms with E-state index in [1.165, 1.54) is 19.3 Å². The van der Waals surface area contributed by atoms with Crippen molar-refractivity contribution in [2.45, 2.75) is 39.3 Å². The summed E-state index contributed by atoms with van der Waals surface area (Å²) in [6.07, 6.45) is 5.72. The zero-order valence-electron chi connectivity index (χ0n) is 9.07. The van der Waals surface area contributed by atoms with E-state index in [1.807, 2.05) is 4.57 Å². The van der Waals surface area contributed by atoms with Crippen LogP contribution in [0.15, 0.2) is 6.20 Å². The molecule has 15 heavy (non-hydrogen) atoms. The van der Waals surface area contributed by atoms with Gasteiger partial charge in [0.2, 0.25) is 0 Å². The fraction of sp³-hybridized carbons (Fsp3) is 0.727. The third kappa shape index (κ3) is 2.32. The van der Waals surface area contributed by atoms with Crippen LogP contribution in [0.5, 0.6) is 0 Å². The number of aromatic nitrogens is 2. The van der Waals surface area contributed by atoms with Gasteiger partial charge in [0.25, 0.3) is 0 Å². The molecule has 1 saturated carbocycles. The van der Waals surface area contributed by atoms with Crippen molar-refractivity contribution in [2.75, 3.05) is 0 Å². The van der Waals surface area contributed by atoms with E-state index >= 15 is 0 Å². The molecule has 0 spiro atoms. The number of imidazole rings is 1. The highest BCUT2D eigenvalue weighted by Gasteiger charge is 2.22. The summed E-state index contributed by atoms with van der Waals surface area (Å²) in [6, 6.07) is 0. The highest BCUT2D eigenvalue weighted by Crippen LogP contribution is 2.31. The standard InChI is InChI=1S/C11H18N2OS/c1-8-2-3-9(4-8)6-13-10(7-14)5-12-11(13)15/h5,8-9,14H,2-4,6-7H2,1H3,(H,12,15). The van der Waals surface area contributed by atoms with E-state index in [-0.39, 0.29) is 6.61 Å². The number of nitrogens with one attached hydrogen (secondary N) is 1. The molecular weight excluding hydrogens is 208 g/mol. The molecule has 1 aliphatic carbocycles. The van der Waals surface area contributed by atoms with E-state index < -0.39 is 0 Å². The molecule has 0 aromatic carbocycles. The van der Waals surface area contributed by atoms with Crippen molar-refractivity contribution in [1.82, 2.24) is 9.55 Å². The highest BCUT2D eigenvalue weighted by atomic mass is 32.1. The summed E-state index contributed by atoms with van der Waals surface area (Å²) in [6.45, 7) is 3.33. The van der Waals surface area contributed by atoms with Gasteiger partial charge in [-0.3, -0.25) is 0 Å². The molecule has 2 rings (SSSR count). The largest absolute Gasteiger partial charge is 0.390 e. The van der Waals surface area contributed by atoms with Crippen molar-refractivity contribution in [3.8, 4) is 0 Å². The van der Waals surface area contributed by atoms with Gasteiger partial charge in [-0.2, -0.15) is 0 Å². The molecule has 0 aliphatic heterocycles. The predicted molar refractivity (Wildman–Crippen MR) is 62.0 cm³/mol. The molecule has 1 aliphatic rings. The van der Waals surface area contributed by atoms with Gasteiger partial charge in [0.05, 0.1) is 12.3 Å². The first-order valence-corrected chi connectivity index (χ1v) is 5.99. The fourth-order valence-electron chi connectivity index (χ4n) is 2.51. The van der Waals surface area contributed by atoms with Crippen LogP contribution in [-0.4, -0.2) is 14.7 Å². The van der Waals surface area contributed by atoms with Crippen molar-refractivity contribution in [3.05, 3.63) is 16.7 Å². The smallest absolute Gasteiger partial charge is 0.177 e. The van der Waals surface area contributed by atoms with Gasteiger partial charge in [-0.15, -0.1) is 0 Å². The Labute approximate surface area is 95.1 Å². The summed E-state index contributed by atoms with van der Waals surface area (Å²) in [4.78, 5) is 2.99. The predicted octanol–water partition coefficient (Wildman–Crippen LogP) is 2.47. The van der Waals surface area contributed by atoms with Gasteiger partial charge in [-0.25, -0.2) is 0 Å². The second-order valence-electron chi connectivity index (χ2n) is 4.64. The quantitative estimate of drug-likeness (QED) is 0.777. The number of aliphatic hydroxyl groups is 1. The number of aliphatic hydroxyl groups excluding tert-OH is 1. The minimum atomic E-state index is 0.0649. The van der Waals surface area contributed by atoms with Crippen LogP contribution in [-0.2, 0) is 13.2 Å². The highest BCUT2D eigenvalue weighted by molar-refractivity contribution is 7.71. The van der Waals surface area contributed by atoms with E-state index in [9.17, 15) is 5.11 Å². The Morgan fingerprint density at radius 3 is 3.00 bits per heavy atom. The first-order chi connectivity index (χ1) is 7.20. The normalized spacial score (nSPS) is 26.0. The number of hydrogen-bond acceptors (Lipinski definition) is 2. The Morgan fingerprint density at radius 2 is 2.40 bits per heavy atom. The van der Waals surface area contributed by atoms with E-state index in [4.69, 9.17) is 12.2 Å². The molecule has 4 heteroatoms. The molecule has 0 bridgehead atoms. The molecule has 2 atom stereocenters. The number of rotatable bonds is 3. The van der Waals surface area contributed by atoms with Crippen molar-refractivity contribution < 1.29 is 5.11 Å². The lowest BCUT2D eigenvalue weighted by molar-refractivity contribution is 0.266. The van der Waals surface area contributed by atoms with Gasteiger partial charge < -0.3 is 14.7 Å². The molecule has 1 heterocycles. The van der Waals surface area contributed by atoms with Crippen LogP contribution in [0.1, 0.15) is 31.9 Å². The molecule has 0 saturated heterocycles. The second kappa shape index (κ2) is 4.49. The Kier molecular flexibility index (Phi) is 3.26. The molecule has 0 radical (unpaired) electrons. The van der Waals surface area contributed by atoms with Gasteiger partial charge in [-0.05, 0) is 36.9 Å². The maximum Gasteiger partial charge on any atom is 0.177 e. The molecule has 84 valence electrons. The van der Waals surface area contributed by atoms with Crippen LogP contribution in [0.25, 0.3) is 0 Å². The lowest BCUT2D eigenvalue weighted by Gasteiger charge is -2.12. The van der Waals surface area contributed by atoms with E-state index in [0.717, 1.165) is 28.8 Å². The molecule has 1 aromatic rings. The summed E-state index contributed by atoms with van der Waals surface area (Å²) in [5.41, 5.74) is 0.902. The molecule has 1 aromatic heterocycles. The molecular formula is C11H18N2OS. The van der Waals surface area contributed by atoms with Gasteiger partial charge in [-0.1, -0.05) is 13.3 Å². The third-order valence-electron chi connectivity index (χ3n) is 3.36. The number of H-pyrrole nitrogens is 1. The SMILES string of the molecule is CC1CCC(Cn2c(CO)c[nH]c2=S)C1. The summed E-state index contributed by atoms with van der Waals surface area (Å²) in [7, 11) is 0. The second-order valence-corrected chi connectivity index (χ2v) is 5.02. The van der Waals surface area contributed by atoms with Crippen molar-refractivity contribution >= 4 is 12.2 Å². The average Bonchev–Trinajstić information content (AvgIpc) is 2.76. The van der Waals surface area contributed by atoms with E-state index in [1.54, 1.807) is 6.20 Å². The van der Waals surface area contributed by atoms with Gasteiger partial charge in [0.1, 0.15) is 0 Å². The summed E-state index contributed by atoms with van der Waals surface area (Å²) in [5, 5.41) is 9.17. The lowest BCUT2D eigenvalue weighted by atomic mass is 10.1. The zero-order chi connectivity index (χ0) is 10.8. The maximum absolute atomic E-state index is 9.17. The van der Waals surface area contributed by atoms with Crippen LogP contribution in [0.2, 0.25) is 0 Å². The Bertz CT molecular complexity index is 382. The first-order valence-electron chi connectivity index (χ1n) is 5.58. The van der Waals surface area contributed by atoms with Crippen molar-refractivity contribution in [3.63, 3.8) is 0 Å². The van der Waals surface area contributed by atoms with Crippen LogP contribution < -0.4 is 0 Å². The van der Waals surface area contributed by atoms with Gasteiger partial charge >= 0.3 is 0 Å². The number of nitrogens with zero attached hydrogens (tertiary/aromatic N) is 1. The Balaban J connectivity index is 2.10. The minimum Gasteiger partial charge on any atom is -0.390 e. The van der Waals surface area contributed by atoms with Crippen molar-refractivity contribution in [2.24, 2.45) is 11.8 Å². The van der Waals surface area contributed by atoms with Crippen LogP contribution in [0, 0.1) is 16.6 Å². The Hall–Kier alpha value is -0.610. The van der Waals surface area contributed by atoms with Crippen LogP contribution in [0.3, 0.4) is 0 Å². The van der Waals surface area contributed by atoms with Crippen molar-refractivity contribution in [1.29, 1.82) is 0 Å². The van der Waals surface area contributed by atoms with Gasteiger partial charge in [0.15, 0.2) is 4.77 Å². The minimum absolute atomic E-state index is 0.0649. The van der Waals surface area contributed by atoms with E-state index in [2.05, 4.69) is 11.9 Å². The molecule has 2 N–H and O–H groups in total. The lowest BCUT2D eigenvalue weighted by Crippen LogP contribution is -2.10. The molecule has 1 fully saturated rings. The zero-order valence-corrected chi connectivity index (χ0v) is 9.89.